The van der Waals surface area contributed by atoms with Gasteiger partial charge >= 0.3 is 0 Å². The molecule has 0 amide bonds. The lowest BCUT2D eigenvalue weighted by molar-refractivity contribution is 0.279. The number of pyridine rings is 1. The zero-order valence-electron chi connectivity index (χ0n) is 17.7. The third kappa shape index (κ3) is 4.62. The van der Waals surface area contributed by atoms with Crippen molar-refractivity contribution in [3.63, 3.8) is 0 Å². The molecule has 0 bridgehead atoms. The lowest BCUT2D eigenvalue weighted by Crippen LogP contribution is -2.40. The minimum Gasteiger partial charge on any atom is -0.417 e. The van der Waals surface area contributed by atoms with Gasteiger partial charge in [0.05, 0.1) is 11.2 Å². The standard InChI is InChI=1S/C22H32N4OSi/c1-22(2,3)28(4,5)27-13-7-6-8-16-15-21(23)25-20-14-17(9-10-18(16)20)19-11-12-24-26-19/h9-12,14-15H,6-8,13H2,1-5H3,(H2,23,25)(H,24,26). The van der Waals surface area contributed by atoms with Gasteiger partial charge in [-0.15, -0.1) is 0 Å². The highest BCUT2D eigenvalue weighted by Gasteiger charge is 2.36. The first-order valence-electron chi connectivity index (χ1n) is 10.0. The Morgan fingerprint density at radius 1 is 1.11 bits per heavy atom. The predicted octanol–water partition coefficient (Wildman–Crippen LogP) is 5.55. The van der Waals surface area contributed by atoms with Gasteiger partial charge in [0.15, 0.2) is 8.32 Å². The minimum atomic E-state index is -1.66. The van der Waals surface area contributed by atoms with E-state index in [-0.39, 0.29) is 5.04 Å². The lowest BCUT2D eigenvalue weighted by Gasteiger charge is -2.36. The van der Waals surface area contributed by atoms with E-state index in [4.69, 9.17) is 10.2 Å². The molecular formula is C22H32N4OSi. The van der Waals surface area contributed by atoms with Gasteiger partial charge in [-0.2, -0.15) is 5.10 Å². The van der Waals surface area contributed by atoms with Crippen molar-refractivity contribution in [2.24, 2.45) is 0 Å². The Labute approximate surface area is 168 Å². The summed E-state index contributed by atoms with van der Waals surface area (Å²) in [6.07, 6.45) is 4.94. The molecule has 28 heavy (non-hydrogen) atoms. The second-order valence-corrected chi connectivity index (χ2v) is 13.8. The van der Waals surface area contributed by atoms with E-state index in [0.717, 1.165) is 42.6 Å². The largest absolute Gasteiger partial charge is 0.417 e. The van der Waals surface area contributed by atoms with Crippen LogP contribution in [-0.4, -0.2) is 30.1 Å². The first-order valence-corrected chi connectivity index (χ1v) is 12.9. The molecule has 3 N–H and O–H groups in total. The Kier molecular flexibility index (Phi) is 5.91. The molecule has 0 aliphatic rings. The van der Waals surface area contributed by atoms with Crippen LogP contribution in [0.2, 0.25) is 18.1 Å². The van der Waals surface area contributed by atoms with E-state index in [0.29, 0.717) is 5.82 Å². The van der Waals surface area contributed by atoms with Crippen molar-refractivity contribution < 1.29 is 4.43 Å². The molecule has 6 heteroatoms. The van der Waals surface area contributed by atoms with Gasteiger partial charge in [-0.25, -0.2) is 4.98 Å². The summed E-state index contributed by atoms with van der Waals surface area (Å²) in [4.78, 5) is 4.53. The van der Waals surface area contributed by atoms with Crippen molar-refractivity contribution >= 4 is 25.0 Å². The number of rotatable bonds is 7. The summed E-state index contributed by atoms with van der Waals surface area (Å²) in [5, 5.41) is 8.53. The molecule has 0 aliphatic carbocycles. The van der Waals surface area contributed by atoms with E-state index in [2.05, 4.69) is 67.2 Å². The third-order valence-electron chi connectivity index (χ3n) is 5.82. The number of hydrogen-bond acceptors (Lipinski definition) is 4. The summed E-state index contributed by atoms with van der Waals surface area (Å²) in [5.41, 5.74) is 10.2. The van der Waals surface area contributed by atoms with Crippen LogP contribution in [0.1, 0.15) is 39.2 Å². The van der Waals surface area contributed by atoms with E-state index in [1.165, 1.54) is 10.9 Å². The Morgan fingerprint density at radius 2 is 1.89 bits per heavy atom. The SMILES string of the molecule is CC(C)(C)[Si](C)(C)OCCCCc1cc(N)nc2cc(-c3cc[nH]n3)ccc12. The second kappa shape index (κ2) is 8.05. The number of benzene rings is 1. The fourth-order valence-corrected chi connectivity index (χ4v) is 4.16. The summed E-state index contributed by atoms with van der Waals surface area (Å²) >= 11 is 0. The maximum atomic E-state index is 6.29. The van der Waals surface area contributed by atoms with Crippen LogP contribution in [-0.2, 0) is 10.8 Å². The normalized spacial score (nSPS) is 12.6. The van der Waals surface area contributed by atoms with Gasteiger partial charge in [0.25, 0.3) is 0 Å². The fourth-order valence-electron chi connectivity index (χ4n) is 3.07. The zero-order chi connectivity index (χ0) is 20.4. The van der Waals surface area contributed by atoms with Crippen LogP contribution >= 0.6 is 0 Å². The molecule has 0 fully saturated rings. The molecule has 0 radical (unpaired) electrons. The average molecular weight is 397 g/mol. The maximum Gasteiger partial charge on any atom is 0.191 e. The highest BCUT2D eigenvalue weighted by molar-refractivity contribution is 6.74. The first-order chi connectivity index (χ1) is 13.2. The van der Waals surface area contributed by atoms with Crippen molar-refractivity contribution in [1.29, 1.82) is 0 Å². The number of fused-ring (bicyclic) bond motifs is 1. The minimum absolute atomic E-state index is 0.259. The van der Waals surface area contributed by atoms with Gasteiger partial charge in [0, 0.05) is 23.8 Å². The highest BCUT2D eigenvalue weighted by atomic mass is 28.4. The maximum absolute atomic E-state index is 6.29. The molecule has 0 spiro atoms. The number of aromatic nitrogens is 3. The number of aryl methyl sites for hydroxylation is 1. The summed E-state index contributed by atoms with van der Waals surface area (Å²) in [6.45, 7) is 12.3. The molecule has 0 unspecified atom stereocenters. The van der Waals surface area contributed by atoms with Gasteiger partial charge in [-0.05, 0) is 61.2 Å². The van der Waals surface area contributed by atoms with Crippen LogP contribution in [0.3, 0.4) is 0 Å². The Bertz CT molecular complexity index is 930. The molecule has 1 aromatic carbocycles. The quantitative estimate of drug-likeness (QED) is 0.405. The number of nitrogen functional groups attached to an aromatic ring is 1. The summed E-state index contributed by atoms with van der Waals surface area (Å²) in [6, 6.07) is 10.3. The van der Waals surface area contributed by atoms with E-state index in [1.54, 1.807) is 0 Å². The van der Waals surface area contributed by atoms with Crippen molar-refractivity contribution in [2.75, 3.05) is 12.3 Å². The smallest absolute Gasteiger partial charge is 0.191 e. The van der Waals surface area contributed by atoms with Gasteiger partial charge in [0.2, 0.25) is 0 Å². The average Bonchev–Trinajstić information content (AvgIpc) is 3.14. The number of aromatic amines is 1. The molecule has 3 rings (SSSR count). The highest BCUT2D eigenvalue weighted by Crippen LogP contribution is 2.36. The molecular weight excluding hydrogens is 364 g/mol. The molecule has 2 heterocycles. The molecule has 0 saturated carbocycles. The molecule has 0 aliphatic heterocycles. The topological polar surface area (TPSA) is 76.8 Å². The molecule has 0 saturated heterocycles. The molecule has 3 aromatic rings. The molecule has 150 valence electrons. The summed E-state index contributed by atoms with van der Waals surface area (Å²) < 4.78 is 6.29. The zero-order valence-corrected chi connectivity index (χ0v) is 18.7. The van der Waals surface area contributed by atoms with Crippen LogP contribution in [0.25, 0.3) is 22.2 Å². The van der Waals surface area contributed by atoms with Crippen LogP contribution in [0.5, 0.6) is 0 Å². The van der Waals surface area contributed by atoms with Gasteiger partial charge in [0.1, 0.15) is 5.82 Å². The number of unbranched alkanes of at least 4 members (excludes halogenated alkanes) is 1. The number of nitrogens with one attached hydrogen (secondary N) is 1. The van der Waals surface area contributed by atoms with E-state index in [9.17, 15) is 0 Å². The Balaban J connectivity index is 1.66. The van der Waals surface area contributed by atoms with Crippen LogP contribution in [0.4, 0.5) is 5.82 Å². The number of H-pyrrole nitrogens is 1. The van der Waals surface area contributed by atoms with E-state index < -0.39 is 8.32 Å². The van der Waals surface area contributed by atoms with E-state index in [1.807, 2.05) is 18.3 Å². The first kappa shape index (κ1) is 20.5. The van der Waals surface area contributed by atoms with Crippen molar-refractivity contribution in [2.45, 2.75) is 58.2 Å². The van der Waals surface area contributed by atoms with Crippen molar-refractivity contribution in [3.8, 4) is 11.3 Å². The van der Waals surface area contributed by atoms with Gasteiger partial charge in [-0.3, -0.25) is 5.10 Å². The summed E-state index contributed by atoms with van der Waals surface area (Å²) in [5.74, 6) is 0.569. The lowest BCUT2D eigenvalue weighted by atomic mass is 10.0. The van der Waals surface area contributed by atoms with Crippen LogP contribution in [0, 0.1) is 0 Å². The summed E-state index contributed by atoms with van der Waals surface area (Å²) in [7, 11) is -1.66. The number of nitrogens with two attached hydrogens (primary N) is 1. The van der Waals surface area contributed by atoms with Crippen molar-refractivity contribution in [1.82, 2.24) is 15.2 Å². The van der Waals surface area contributed by atoms with Gasteiger partial charge in [-0.1, -0.05) is 32.9 Å². The number of nitrogens with zero attached hydrogens (tertiary/aromatic N) is 2. The monoisotopic (exact) mass is 396 g/mol. The third-order valence-corrected chi connectivity index (χ3v) is 10.4. The Morgan fingerprint density at radius 3 is 2.57 bits per heavy atom. The van der Waals surface area contributed by atoms with Crippen molar-refractivity contribution in [3.05, 3.63) is 42.1 Å². The Hall–Kier alpha value is -2.18. The molecule has 2 aromatic heterocycles. The fraction of sp³-hybridized carbons (Fsp3) is 0.455. The second-order valence-electron chi connectivity index (χ2n) is 8.96. The van der Waals surface area contributed by atoms with Gasteiger partial charge < -0.3 is 10.2 Å². The predicted molar refractivity (Wildman–Crippen MR) is 120 cm³/mol. The number of hydrogen-bond donors (Lipinski definition) is 2. The van der Waals surface area contributed by atoms with Crippen LogP contribution in [0.15, 0.2) is 36.5 Å². The van der Waals surface area contributed by atoms with Crippen LogP contribution < -0.4 is 5.73 Å². The molecule has 5 nitrogen and oxygen atoms in total. The van der Waals surface area contributed by atoms with E-state index >= 15 is 0 Å². The number of anilines is 1. The molecule has 0 atom stereocenters.